The third kappa shape index (κ3) is 3.23. The lowest BCUT2D eigenvalue weighted by Gasteiger charge is -2.37. The van der Waals surface area contributed by atoms with Crippen LogP contribution in [0.25, 0.3) is 10.2 Å². The fourth-order valence-corrected chi connectivity index (χ4v) is 4.72. The van der Waals surface area contributed by atoms with Crippen molar-refractivity contribution in [2.75, 3.05) is 36.0 Å². The summed E-state index contributed by atoms with van der Waals surface area (Å²) in [5.41, 5.74) is 3.27. The van der Waals surface area contributed by atoms with E-state index in [1.165, 1.54) is 22.6 Å². The molecule has 1 aromatic carbocycles. The number of hydrogen-bond acceptors (Lipinski definition) is 6. The number of hydrogen-bond donors (Lipinski definition) is 1. The summed E-state index contributed by atoms with van der Waals surface area (Å²) in [7, 11) is 0. The van der Waals surface area contributed by atoms with Crippen molar-refractivity contribution < 1.29 is 9.90 Å². The average molecular weight is 382 g/mol. The fraction of sp³-hybridized carbons (Fsp3) is 0.350. The van der Waals surface area contributed by atoms with Gasteiger partial charge in [-0.1, -0.05) is 12.1 Å². The number of fused-ring (bicyclic) bond motifs is 1. The maximum atomic E-state index is 11.5. The Bertz CT molecular complexity index is 1020. The molecular formula is C20H22N4O2S. The van der Waals surface area contributed by atoms with E-state index in [4.69, 9.17) is 0 Å². The molecule has 7 heteroatoms. The van der Waals surface area contributed by atoms with E-state index in [-0.39, 0.29) is 0 Å². The molecule has 0 unspecified atom stereocenters. The fourth-order valence-electron chi connectivity index (χ4n) is 3.66. The van der Waals surface area contributed by atoms with Crippen molar-refractivity contribution in [3.05, 3.63) is 46.1 Å². The first-order chi connectivity index (χ1) is 12.9. The van der Waals surface area contributed by atoms with Crippen LogP contribution in [0.15, 0.2) is 24.3 Å². The molecule has 3 aromatic rings. The molecule has 0 amide bonds. The second-order valence-corrected chi connectivity index (χ2v) is 7.95. The number of aromatic nitrogens is 2. The van der Waals surface area contributed by atoms with E-state index in [0.29, 0.717) is 10.7 Å². The average Bonchev–Trinajstić information content (AvgIpc) is 2.98. The minimum absolute atomic E-state index is 0.351. The summed E-state index contributed by atoms with van der Waals surface area (Å²) in [5.74, 6) is 0.641. The molecule has 140 valence electrons. The van der Waals surface area contributed by atoms with Gasteiger partial charge in [0.1, 0.15) is 21.3 Å². The highest BCUT2D eigenvalue weighted by molar-refractivity contribution is 7.20. The molecule has 27 heavy (non-hydrogen) atoms. The van der Waals surface area contributed by atoms with Gasteiger partial charge in [0.05, 0.1) is 5.39 Å². The van der Waals surface area contributed by atoms with Gasteiger partial charge in [0.2, 0.25) is 0 Å². The SMILES string of the molecule is Cc1cccc(N2CCN(c3nc(C)nc4sc(C(=O)O)c(C)c34)CC2)c1. The molecule has 2 aromatic heterocycles. The Balaban J connectivity index is 1.65. The number of carboxylic acid groups (broad SMARTS) is 1. The lowest BCUT2D eigenvalue weighted by molar-refractivity contribution is 0.0701. The van der Waals surface area contributed by atoms with Crippen LogP contribution in [0.4, 0.5) is 11.5 Å². The second-order valence-electron chi connectivity index (χ2n) is 6.95. The van der Waals surface area contributed by atoms with Crippen LogP contribution < -0.4 is 9.80 Å². The van der Waals surface area contributed by atoms with E-state index in [2.05, 4.69) is 51.0 Å². The van der Waals surface area contributed by atoms with Crippen molar-refractivity contribution in [1.82, 2.24) is 9.97 Å². The second kappa shape index (κ2) is 6.81. The summed E-state index contributed by atoms with van der Waals surface area (Å²) in [6.07, 6.45) is 0. The summed E-state index contributed by atoms with van der Waals surface area (Å²) in [5, 5.41) is 10.3. The minimum atomic E-state index is -0.900. The summed E-state index contributed by atoms with van der Waals surface area (Å²) >= 11 is 1.24. The van der Waals surface area contributed by atoms with Crippen LogP contribution >= 0.6 is 11.3 Å². The van der Waals surface area contributed by atoms with Crippen molar-refractivity contribution >= 4 is 39.0 Å². The van der Waals surface area contributed by atoms with E-state index in [0.717, 1.165) is 47.8 Å². The number of carboxylic acids is 1. The summed E-state index contributed by atoms with van der Waals surface area (Å²) < 4.78 is 0. The molecule has 4 rings (SSSR count). The third-order valence-corrected chi connectivity index (χ3v) is 6.20. The Morgan fingerprint density at radius 2 is 1.78 bits per heavy atom. The Morgan fingerprint density at radius 1 is 1.07 bits per heavy atom. The zero-order chi connectivity index (χ0) is 19.1. The number of aromatic carboxylic acids is 1. The van der Waals surface area contributed by atoms with Gasteiger partial charge in [-0.05, 0) is 44.0 Å². The van der Waals surface area contributed by atoms with Crippen LogP contribution in [-0.4, -0.2) is 47.2 Å². The number of aryl methyl sites for hydroxylation is 3. The molecule has 0 aliphatic carbocycles. The number of piperazine rings is 1. The molecule has 0 radical (unpaired) electrons. The maximum absolute atomic E-state index is 11.5. The number of thiophene rings is 1. The van der Waals surface area contributed by atoms with Gasteiger partial charge in [0, 0.05) is 31.9 Å². The summed E-state index contributed by atoms with van der Waals surface area (Å²) in [6.45, 7) is 9.33. The van der Waals surface area contributed by atoms with E-state index in [1.807, 2.05) is 13.8 Å². The Hall–Kier alpha value is -2.67. The van der Waals surface area contributed by atoms with Crippen molar-refractivity contribution in [3.63, 3.8) is 0 Å². The number of benzene rings is 1. The highest BCUT2D eigenvalue weighted by atomic mass is 32.1. The Kier molecular flexibility index (Phi) is 4.47. The standard InChI is InChI=1S/C20H22N4O2S/c1-12-5-4-6-15(11-12)23-7-9-24(10-8-23)18-16-13(2)17(20(25)26)27-19(16)22-14(3)21-18/h4-6,11H,7-10H2,1-3H3,(H,25,26). The van der Waals surface area contributed by atoms with Crippen LogP contribution in [0.2, 0.25) is 0 Å². The highest BCUT2D eigenvalue weighted by Crippen LogP contribution is 2.36. The van der Waals surface area contributed by atoms with Gasteiger partial charge >= 0.3 is 5.97 Å². The van der Waals surface area contributed by atoms with Crippen LogP contribution in [0.3, 0.4) is 0 Å². The lowest BCUT2D eigenvalue weighted by Crippen LogP contribution is -2.47. The van der Waals surface area contributed by atoms with Crippen molar-refractivity contribution in [2.24, 2.45) is 0 Å². The van der Waals surface area contributed by atoms with Gasteiger partial charge in [-0.25, -0.2) is 14.8 Å². The maximum Gasteiger partial charge on any atom is 0.346 e. The number of anilines is 2. The minimum Gasteiger partial charge on any atom is -0.477 e. The lowest BCUT2D eigenvalue weighted by atomic mass is 10.1. The molecule has 1 N–H and O–H groups in total. The molecule has 1 saturated heterocycles. The highest BCUT2D eigenvalue weighted by Gasteiger charge is 2.25. The molecule has 1 aliphatic rings. The topological polar surface area (TPSA) is 69.6 Å². The molecule has 0 bridgehead atoms. The van der Waals surface area contributed by atoms with Gasteiger partial charge in [-0.3, -0.25) is 0 Å². The molecule has 0 atom stereocenters. The normalized spacial score (nSPS) is 14.8. The van der Waals surface area contributed by atoms with E-state index < -0.39 is 5.97 Å². The molecule has 6 nitrogen and oxygen atoms in total. The first kappa shape index (κ1) is 17.7. The van der Waals surface area contributed by atoms with Crippen LogP contribution in [0.1, 0.15) is 26.6 Å². The third-order valence-electron chi connectivity index (χ3n) is 5.02. The van der Waals surface area contributed by atoms with Gasteiger partial charge < -0.3 is 14.9 Å². The predicted molar refractivity (Wildman–Crippen MR) is 109 cm³/mol. The first-order valence-corrected chi connectivity index (χ1v) is 9.83. The molecule has 0 saturated carbocycles. The molecule has 1 fully saturated rings. The van der Waals surface area contributed by atoms with Gasteiger partial charge in [0.15, 0.2) is 0 Å². The van der Waals surface area contributed by atoms with Gasteiger partial charge in [-0.2, -0.15) is 0 Å². The van der Waals surface area contributed by atoms with E-state index in [1.54, 1.807) is 0 Å². The molecule has 3 heterocycles. The Morgan fingerprint density at radius 3 is 2.44 bits per heavy atom. The zero-order valence-corrected chi connectivity index (χ0v) is 16.5. The van der Waals surface area contributed by atoms with E-state index >= 15 is 0 Å². The Labute approximate surface area is 162 Å². The first-order valence-electron chi connectivity index (χ1n) is 9.01. The molecular weight excluding hydrogens is 360 g/mol. The zero-order valence-electron chi connectivity index (χ0n) is 15.7. The summed E-state index contributed by atoms with van der Waals surface area (Å²) in [6, 6.07) is 8.57. The van der Waals surface area contributed by atoms with Gasteiger partial charge in [0.25, 0.3) is 0 Å². The van der Waals surface area contributed by atoms with Crippen molar-refractivity contribution in [2.45, 2.75) is 20.8 Å². The number of carbonyl (C=O) groups is 1. The van der Waals surface area contributed by atoms with Crippen LogP contribution in [0.5, 0.6) is 0 Å². The number of nitrogens with zero attached hydrogens (tertiary/aromatic N) is 4. The number of rotatable bonds is 3. The summed E-state index contributed by atoms with van der Waals surface area (Å²) in [4.78, 5) is 26.4. The van der Waals surface area contributed by atoms with Gasteiger partial charge in [-0.15, -0.1) is 11.3 Å². The molecule has 0 spiro atoms. The predicted octanol–water partition coefficient (Wildman–Crippen LogP) is 3.64. The molecule has 1 aliphatic heterocycles. The monoisotopic (exact) mass is 382 g/mol. The smallest absolute Gasteiger partial charge is 0.346 e. The van der Waals surface area contributed by atoms with E-state index in [9.17, 15) is 9.90 Å². The van der Waals surface area contributed by atoms with Crippen LogP contribution in [0, 0.1) is 20.8 Å². The van der Waals surface area contributed by atoms with Crippen molar-refractivity contribution in [3.8, 4) is 0 Å². The largest absolute Gasteiger partial charge is 0.477 e. The van der Waals surface area contributed by atoms with Crippen molar-refractivity contribution in [1.29, 1.82) is 0 Å². The van der Waals surface area contributed by atoms with Crippen LogP contribution in [-0.2, 0) is 0 Å². The quantitative estimate of drug-likeness (QED) is 0.746.